The quantitative estimate of drug-likeness (QED) is 0.777. The molecule has 1 atom stereocenters. The van der Waals surface area contributed by atoms with Gasteiger partial charge in [-0.3, -0.25) is 0 Å². The predicted molar refractivity (Wildman–Crippen MR) is 96.5 cm³/mol. The first-order chi connectivity index (χ1) is 11.3. The van der Waals surface area contributed by atoms with Crippen LogP contribution >= 0.6 is 0 Å². The minimum atomic E-state index is 0.0374. The van der Waals surface area contributed by atoms with Crippen LogP contribution in [0.1, 0.15) is 57.8 Å². The molecule has 0 spiro atoms. The molecule has 1 N–H and O–H groups in total. The van der Waals surface area contributed by atoms with Crippen molar-refractivity contribution in [2.24, 2.45) is 22.9 Å². The maximum Gasteiger partial charge on any atom is 0.157 e. The summed E-state index contributed by atoms with van der Waals surface area (Å²) in [7, 11) is 0. The first-order valence-corrected chi connectivity index (χ1v) is 9.52. The lowest BCUT2D eigenvalue weighted by molar-refractivity contribution is 0.114. The van der Waals surface area contributed by atoms with Crippen LogP contribution in [0.4, 0.5) is 0 Å². The van der Waals surface area contributed by atoms with Crippen LogP contribution in [0.2, 0.25) is 0 Å². The first kappa shape index (κ1) is 16.8. The predicted octanol–water partition coefficient (Wildman–Crippen LogP) is 4.46. The molecule has 0 radical (unpaired) electrons. The number of piperidine rings is 1. The molecule has 0 bridgehead atoms. The van der Waals surface area contributed by atoms with Gasteiger partial charge in [-0.1, -0.05) is 50.1 Å². The van der Waals surface area contributed by atoms with Gasteiger partial charge in [0, 0.05) is 12.3 Å². The number of nitrogens with one attached hydrogen (secondary N) is 1. The fourth-order valence-corrected chi connectivity index (χ4v) is 4.63. The Kier molecular flexibility index (Phi) is 5.93. The summed E-state index contributed by atoms with van der Waals surface area (Å²) in [4.78, 5) is 5.57. The Bertz CT molecular complexity index is 441. The fourth-order valence-electron chi connectivity index (χ4n) is 4.63. The van der Waals surface area contributed by atoms with E-state index in [9.17, 15) is 0 Å². The lowest BCUT2D eigenvalue weighted by Gasteiger charge is -2.33. The molecule has 3 nitrogen and oxygen atoms in total. The van der Waals surface area contributed by atoms with Gasteiger partial charge in [0.2, 0.25) is 0 Å². The molecule has 1 unspecified atom stereocenters. The van der Waals surface area contributed by atoms with Gasteiger partial charge in [0.25, 0.3) is 0 Å². The Labute approximate surface area is 141 Å². The molecule has 0 aromatic heterocycles. The third-order valence-electron chi connectivity index (χ3n) is 6.14. The van der Waals surface area contributed by atoms with E-state index in [4.69, 9.17) is 4.84 Å². The second-order valence-electron chi connectivity index (χ2n) is 7.57. The van der Waals surface area contributed by atoms with Crippen molar-refractivity contribution >= 4 is 5.71 Å². The number of oxime groups is 1. The Morgan fingerprint density at radius 1 is 1.04 bits per heavy atom. The zero-order valence-corrected chi connectivity index (χ0v) is 14.4. The Hall–Kier alpha value is -1.09. The third kappa shape index (κ3) is 4.26. The standard InChI is InChI=1S/C20H32N2O/c1-3-15(2)20-14-19(22-23-20)18-8-4-6-16(7-5-9-18)17-10-12-21-13-11-17/h3,16-18,20-21H,1-2,4-14H2. The Balaban J connectivity index is 1.48. The van der Waals surface area contributed by atoms with Crippen molar-refractivity contribution in [3.05, 3.63) is 24.8 Å². The molecule has 2 heterocycles. The number of rotatable bonds is 4. The molecule has 0 amide bonds. The molecule has 3 heteroatoms. The van der Waals surface area contributed by atoms with Gasteiger partial charge in [-0.25, -0.2) is 0 Å². The molecular weight excluding hydrogens is 284 g/mol. The summed E-state index contributed by atoms with van der Waals surface area (Å²) in [6.45, 7) is 10.3. The van der Waals surface area contributed by atoms with E-state index in [1.54, 1.807) is 6.08 Å². The smallest absolute Gasteiger partial charge is 0.157 e. The maximum absolute atomic E-state index is 5.57. The van der Waals surface area contributed by atoms with Gasteiger partial charge < -0.3 is 10.2 Å². The van der Waals surface area contributed by atoms with Crippen molar-refractivity contribution in [2.45, 2.75) is 63.9 Å². The summed E-state index contributed by atoms with van der Waals surface area (Å²) < 4.78 is 0. The molecule has 1 saturated carbocycles. The highest BCUT2D eigenvalue weighted by Crippen LogP contribution is 2.36. The van der Waals surface area contributed by atoms with Crippen LogP contribution in [0.5, 0.6) is 0 Å². The number of hydrogen-bond acceptors (Lipinski definition) is 3. The molecule has 0 aromatic carbocycles. The Morgan fingerprint density at radius 3 is 2.35 bits per heavy atom. The summed E-state index contributed by atoms with van der Waals surface area (Å²) in [5, 5.41) is 7.89. The molecule has 0 aromatic rings. The summed E-state index contributed by atoms with van der Waals surface area (Å²) in [5.74, 6) is 2.57. The number of nitrogens with zero attached hydrogens (tertiary/aromatic N) is 1. The van der Waals surface area contributed by atoms with Crippen molar-refractivity contribution in [2.75, 3.05) is 13.1 Å². The van der Waals surface area contributed by atoms with E-state index in [1.165, 1.54) is 70.2 Å². The molecule has 2 fully saturated rings. The largest absolute Gasteiger partial charge is 0.387 e. The summed E-state index contributed by atoms with van der Waals surface area (Å²) in [6, 6.07) is 0. The molecule has 3 aliphatic rings. The van der Waals surface area contributed by atoms with Crippen LogP contribution in [0.25, 0.3) is 0 Å². The van der Waals surface area contributed by atoms with Crippen molar-refractivity contribution < 1.29 is 4.84 Å². The van der Waals surface area contributed by atoms with Crippen LogP contribution < -0.4 is 5.32 Å². The second-order valence-corrected chi connectivity index (χ2v) is 7.57. The normalized spacial score (nSPS) is 33.2. The highest BCUT2D eigenvalue weighted by Gasteiger charge is 2.30. The van der Waals surface area contributed by atoms with E-state index in [-0.39, 0.29) is 6.10 Å². The van der Waals surface area contributed by atoms with Gasteiger partial charge in [-0.2, -0.15) is 0 Å². The van der Waals surface area contributed by atoms with E-state index in [0.717, 1.165) is 23.8 Å². The van der Waals surface area contributed by atoms with Crippen LogP contribution in [0, 0.1) is 17.8 Å². The van der Waals surface area contributed by atoms with E-state index in [0.29, 0.717) is 5.92 Å². The second kappa shape index (κ2) is 8.14. The van der Waals surface area contributed by atoms with Crippen LogP contribution in [-0.4, -0.2) is 24.9 Å². The summed E-state index contributed by atoms with van der Waals surface area (Å²) in [6.07, 6.45) is 13.6. The van der Waals surface area contributed by atoms with Crippen LogP contribution in [0.15, 0.2) is 30.0 Å². The van der Waals surface area contributed by atoms with Gasteiger partial charge >= 0.3 is 0 Å². The Morgan fingerprint density at radius 2 is 1.70 bits per heavy atom. The zero-order valence-electron chi connectivity index (χ0n) is 14.4. The van der Waals surface area contributed by atoms with Crippen LogP contribution in [-0.2, 0) is 4.84 Å². The van der Waals surface area contributed by atoms with E-state index >= 15 is 0 Å². The minimum Gasteiger partial charge on any atom is -0.387 e. The van der Waals surface area contributed by atoms with Crippen LogP contribution in [0.3, 0.4) is 0 Å². The highest BCUT2D eigenvalue weighted by molar-refractivity contribution is 5.88. The highest BCUT2D eigenvalue weighted by atomic mass is 16.6. The van der Waals surface area contributed by atoms with E-state index < -0.39 is 0 Å². The van der Waals surface area contributed by atoms with Gasteiger partial charge in [0.1, 0.15) is 0 Å². The first-order valence-electron chi connectivity index (χ1n) is 9.52. The van der Waals surface area contributed by atoms with Gasteiger partial charge in [-0.15, -0.1) is 0 Å². The third-order valence-corrected chi connectivity index (χ3v) is 6.14. The number of hydrogen-bond donors (Lipinski definition) is 1. The van der Waals surface area contributed by atoms with Crippen molar-refractivity contribution in [1.29, 1.82) is 0 Å². The summed E-state index contributed by atoms with van der Waals surface area (Å²) in [5.41, 5.74) is 2.24. The van der Waals surface area contributed by atoms with E-state index in [1.807, 2.05) is 0 Å². The minimum absolute atomic E-state index is 0.0374. The van der Waals surface area contributed by atoms with Crippen molar-refractivity contribution in [3.63, 3.8) is 0 Å². The van der Waals surface area contributed by atoms with Gasteiger partial charge in [0.05, 0.1) is 5.71 Å². The fraction of sp³-hybridized carbons (Fsp3) is 0.750. The zero-order chi connectivity index (χ0) is 16.1. The van der Waals surface area contributed by atoms with Gasteiger partial charge in [-0.05, 0) is 56.2 Å². The molecule has 23 heavy (non-hydrogen) atoms. The van der Waals surface area contributed by atoms with Gasteiger partial charge in [0.15, 0.2) is 6.10 Å². The average molecular weight is 316 g/mol. The van der Waals surface area contributed by atoms with E-state index in [2.05, 4.69) is 23.6 Å². The molecule has 1 aliphatic carbocycles. The molecule has 2 aliphatic heterocycles. The average Bonchev–Trinajstić information content (AvgIpc) is 3.05. The molecular formula is C20H32N2O. The maximum atomic E-state index is 5.57. The molecule has 1 saturated heterocycles. The monoisotopic (exact) mass is 316 g/mol. The van der Waals surface area contributed by atoms with Crippen molar-refractivity contribution in [1.82, 2.24) is 5.32 Å². The van der Waals surface area contributed by atoms with Crippen molar-refractivity contribution in [3.8, 4) is 0 Å². The lowest BCUT2D eigenvalue weighted by Crippen LogP contribution is -2.32. The molecule has 3 rings (SSSR count). The SMILES string of the molecule is C=CC(=C)C1CC(C2CCCC(C3CCNCC3)CCC2)=NO1. The molecule has 128 valence electrons. The topological polar surface area (TPSA) is 33.6 Å². The summed E-state index contributed by atoms with van der Waals surface area (Å²) >= 11 is 0. The lowest BCUT2D eigenvalue weighted by atomic mass is 9.75.